The molecule has 0 aliphatic heterocycles. The standard InChI is InChI=1S/C6H10BrN.C6H10N4/c1-8-6-4-2-3-5-7;1-8-5-3-2-4-6-9-10-7/h2-6H2;2-6H2. The second kappa shape index (κ2) is 21.1. The van der Waals surface area contributed by atoms with E-state index in [1.165, 1.54) is 12.8 Å². The van der Waals surface area contributed by atoms with E-state index >= 15 is 0 Å². The molecule has 0 saturated carbocycles. The Kier molecular flexibility index (Phi) is 22.4. The molecule has 0 amide bonds. The minimum Gasteiger partial charge on any atom is -0.317 e. The molecule has 0 aromatic heterocycles. The van der Waals surface area contributed by atoms with Crippen LogP contribution in [0.15, 0.2) is 5.11 Å². The van der Waals surface area contributed by atoms with Gasteiger partial charge in [-0.2, -0.15) is 0 Å². The second-order valence-corrected chi connectivity index (χ2v) is 4.32. The predicted octanol–water partition coefficient (Wildman–Crippen LogP) is 4.86. The summed E-state index contributed by atoms with van der Waals surface area (Å²) in [4.78, 5) is 9.06. The van der Waals surface area contributed by atoms with E-state index in [0.717, 1.165) is 31.0 Å². The van der Waals surface area contributed by atoms with Crippen LogP contribution in [0.25, 0.3) is 20.1 Å². The molecule has 0 aliphatic carbocycles. The summed E-state index contributed by atoms with van der Waals surface area (Å²) >= 11 is 3.32. The maximum atomic E-state index is 7.88. The molecule has 0 heterocycles. The summed E-state index contributed by atoms with van der Waals surface area (Å²) in [6.07, 6.45) is 6.27. The molecule has 0 N–H and O–H groups in total. The normalized spacial score (nSPS) is 8.17. The van der Waals surface area contributed by atoms with E-state index in [0.29, 0.717) is 19.6 Å². The first-order valence-corrected chi connectivity index (χ1v) is 7.18. The van der Waals surface area contributed by atoms with Gasteiger partial charge < -0.3 is 9.69 Å². The van der Waals surface area contributed by atoms with Crippen LogP contribution in [0.5, 0.6) is 0 Å². The highest BCUT2D eigenvalue weighted by Gasteiger charge is 1.88. The van der Waals surface area contributed by atoms with Crippen molar-refractivity contribution in [3.8, 4) is 0 Å². The topological polar surface area (TPSA) is 57.5 Å². The van der Waals surface area contributed by atoms with Crippen LogP contribution in [-0.4, -0.2) is 25.0 Å². The van der Waals surface area contributed by atoms with Gasteiger partial charge >= 0.3 is 0 Å². The van der Waals surface area contributed by atoms with E-state index in [-0.39, 0.29) is 0 Å². The maximum absolute atomic E-state index is 7.88. The van der Waals surface area contributed by atoms with Gasteiger partial charge in [-0.1, -0.05) is 21.0 Å². The average molecular weight is 314 g/mol. The molecule has 18 heavy (non-hydrogen) atoms. The minimum absolute atomic E-state index is 0.564. The molecular weight excluding hydrogens is 294 g/mol. The zero-order chi connectivity index (χ0) is 13.9. The zero-order valence-electron chi connectivity index (χ0n) is 10.7. The van der Waals surface area contributed by atoms with E-state index in [1.54, 1.807) is 0 Å². The van der Waals surface area contributed by atoms with E-state index in [2.05, 4.69) is 35.6 Å². The fourth-order valence-electron chi connectivity index (χ4n) is 1.06. The number of unbranched alkanes of at least 4 members (excludes halogenated alkanes) is 4. The van der Waals surface area contributed by atoms with E-state index in [4.69, 9.17) is 18.7 Å². The van der Waals surface area contributed by atoms with Gasteiger partial charge in [0.1, 0.15) is 0 Å². The van der Waals surface area contributed by atoms with Gasteiger partial charge in [-0.15, -0.1) is 0 Å². The quantitative estimate of drug-likeness (QED) is 0.146. The molecule has 0 aliphatic rings. The highest BCUT2D eigenvalue weighted by molar-refractivity contribution is 9.09. The van der Waals surface area contributed by atoms with Gasteiger partial charge in [0, 0.05) is 29.6 Å². The van der Waals surface area contributed by atoms with Crippen molar-refractivity contribution in [1.82, 2.24) is 0 Å². The van der Waals surface area contributed by atoms with Gasteiger partial charge in [-0.3, -0.25) is 0 Å². The van der Waals surface area contributed by atoms with Crippen molar-refractivity contribution in [3.63, 3.8) is 0 Å². The van der Waals surface area contributed by atoms with Crippen molar-refractivity contribution >= 4 is 15.9 Å². The van der Waals surface area contributed by atoms with Crippen LogP contribution in [0.3, 0.4) is 0 Å². The van der Waals surface area contributed by atoms with Crippen LogP contribution in [-0.2, 0) is 0 Å². The third kappa shape index (κ3) is 24.1. The van der Waals surface area contributed by atoms with Gasteiger partial charge in [0.2, 0.25) is 13.1 Å². The molecule has 6 heteroatoms. The molecule has 5 nitrogen and oxygen atoms in total. The number of hydrogen-bond donors (Lipinski definition) is 0. The Bertz CT molecular complexity index is 286. The van der Waals surface area contributed by atoms with Crippen LogP contribution in [0.4, 0.5) is 0 Å². The summed E-state index contributed by atoms with van der Waals surface area (Å²) in [7, 11) is 0. The van der Waals surface area contributed by atoms with E-state index < -0.39 is 0 Å². The Morgan fingerprint density at radius 1 is 0.889 bits per heavy atom. The van der Waals surface area contributed by atoms with Crippen LogP contribution in [0.1, 0.15) is 38.5 Å². The Labute approximate surface area is 118 Å². The Hall–Kier alpha value is -1.23. The predicted molar refractivity (Wildman–Crippen MR) is 78.4 cm³/mol. The highest BCUT2D eigenvalue weighted by atomic mass is 79.9. The monoisotopic (exact) mass is 313 g/mol. The number of alkyl halides is 1. The Morgan fingerprint density at radius 2 is 1.44 bits per heavy atom. The Morgan fingerprint density at radius 3 is 1.89 bits per heavy atom. The first-order chi connectivity index (χ1) is 8.83. The van der Waals surface area contributed by atoms with Crippen molar-refractivity contribution < 1.29 is 0 Å². The summed E-state index contributed by atoms with van der Waals surface area (Å²) in [6.45, 7) is 14.8. The number of halogens is 1. The Balaban J connectivity index is 0. The minimum atomic E-state index is 0.564. The molecule has 0 saturated heterocycles. The summed E-state index contributed by atoms with van der Waals surface area (Å²) in [5.41, 5.74) is 7.88. The van der Waals surface area contributed by atoms with Crippen LogP contribution in [0, 0.1) is 13.1 Å². The lowest BCUT2D eigenvalue weighted by Gasteiger charge is -1.88. The fourth-order valence-corrected chi connectivity index (χ4v) is 1.45. The SMILES string of the molecule is [C-]#[N+]CCCCCBr.[C-]#[N+]CCCCCN=[N+]=[N-]. The molecule has 0 atom stereocenters. The number of hydrogen-bond acceptors (Lipinski definition) is 1. The third-order valence-electron chi connectivity index (χ3n) is 1.99. The lowest BCUT2D eigenvalue weighted by molar-refractivity contribution is 0.715. The largest absolute Gasteiger partial charge is 0.317 e. The van der Waals surface area contributed by atoms with Crippen molar-refractivity contribution in [2.75, 3.05) is 25.0 Å². The first-order valence-electron chi connectivity index (χ1n) is 6.06. The molecule has 0 bridgehead atoms. The lowest BCUT2D eigenvalue weighted by Crippen LogP contribution is -1.82. The molecule has 0 aromatic rings. The molecule has 0 fully saturated rings. The first kappa shape index (κ1) is 19.1. The van der Waals surface area contributed by atoms with Crippen molar-refractivity contribution in [2.45, 2.75) is 38.5 Å². The van der Waals surface area contributed by atoms with Crippen LogP contribution < -0.4 is 0 Å². The number of nitrogens with zero attached hydrogens (tertiary/aromatic N) is 5. The summed E-state index contributed by atoms with van der Waals surface area (Å²) in [6, 6.07) is 0. The summed E-state index contributed by atoms with van der Waals surface area (Å²) < 4.78 is 0. The van der Waals surface area contributed by atoms with Crippen LogP contribution >= 0.6 is 15.9 Å². The van der Waals surface area contributed by atoms with Crippen molar-refractivity contribution in [3.05, 3.63) is 33.3 Å². The molecule has 0 spiro atoms. The summed E-state index contributed by atoms with van der Waals surface area (Å²) in [5.74, 6) is 0. The number of azide groups is 1. The fraction of sp³-hybridized carbons (Fsp3) is 0.833. The van der Waals surface area contributed by atoms with Gasteiger partial charge in [-0.05, 0) is 31.2 Å². The van der Waals surface area contributed by atoms with Gasteiger partial charge in [0.05, 0.1) is 0 Å². The van der Waals surface area contributed by atoms with Gasteiger partial charge in [0.25, 0.3) is 0 Å². The lowest BCUT2D eigenvalue weighted by atomic mass is 10.2. The van der Waals surface area contributed by atoms with E-state index in [1.807, 2.05) is 0 Å². The second-order valence-electron chi connectivity index (χ2n) is 3.53. The molecule has 0 unspecified atom stereocenters. The van der Waals surface area contributed by atoms with Crippen molar-refractivity contribution in [1.29, 1.82) is 0 Å². The van der Waals surface area contributed by atoms with Gasteiger partial charge in [0.15, 0.2) is 0 Å². The highest BCUT2D eigenvalue weighted by Crippen LogP contribution is 1.97. The number of rotatable bonds is 9. The summed E-state index contributed by atoms with van der Waals surface area (Å²) in [5, 5.41) is 4.45. The third-order valence-corrected chi connectivity index (χ3v) is 2.56. The van der Waals surface area contributed by atoms with E-state index in [9.17, 15) is 0 Å². The molecule has 100 valence electrons. The van der Waals surface area contributed by atoms with Gasteiger partial charge in [-0.25, -0.2) is 13.1 Å². The smallest absolute Gasteiger partial charge is 0.214 e. The molecule has 0 radical (unpaired) electrons. The van der Waals surface area contributed by atoms with Crippen molar-refractivity contribution in [2.24, 2.45) is 5.11 Å². The maximum Gasteiger partial charge on any atom is 0.214 e. The zero-order valence-corrected chi connectivity index (χ0v) is 12.3. The molecule has 0 rings (SSSR count). The molecule has 0 aromatic carbocycles. The van der Waals surface area contributed by atoms with Crippen LogP contribution in [0.2, 0.25) is 0 Å². The average Bonchev–Trinajstić information content (AvgIpc) is 2.40. The molecular formula is C12H20BrN5.